The molecule has 0 saturated carbocycles. The van der Waals surface area contributed by atoms with Crippen LogP contribution >= 0.6 is 0 Å². The summed E-state index contributed by atoms with van der Waals surface area (Å²) < 4.78 is 6.99. The zero-order valence-electron chi connectivity index (χ0n) is 12.3. The van der Waals surface area contributed by atoms with E-state index in [1.54, 1.807) is 11.7 Å². The summed E-state index contributed by atoms with van der Waals surface area (Å²) in [6, 6.07) is 14.8. The fraction of sp³-hybridized carbons (Fsp3) is 0.176. The maximum atomic E-state index is 12.2. The largest absolute Gasteiger partial charge is 0.496 e. The summed E-state index contributed by atoms with van der Waals surface area (Å²) in [6.45, 7) is 0.363. The summed E-state index contributed by atoms with van der Waals surface area (Å²) in [5, 5.41) is 0. The lowest BCUT2D eigenvalue weighted by Gasteiger charge is -2.18. The average Bonchev–Trinajstić information content (AvgIpc) is 2.57. The summed E-state index contributed by atoms with van der Waals surface area (Å²) in [6.07, 6.45) is 1.33. The van der Waals surface area contributed by atoms with Gasteiger partial charge in [0.15, 0.2) is 0 Å². The van der Waals surface area contributed by atoms with Gasteiger partial charge in [0, 0.05) is 12.1 Å². The molecule has 1 heterocycles. The van der Waals surface area contributed by atoms with Gasteiger partial charge < -0.3 is 15.0 Å². The molecule has 0 fully saturated rings. The molecule has 1 unspecified atom stereocenters. The Hall–Kier alpha value is -2.66. The Morgan fingerprint density at radius 1 is 1.18 bits per heavy atom. The molecule has 0 aliphatic rings. The third-order valence-electron chi connectivity index (χ3n) is 3.67. The van der Waals surface area contributed by atoms with Crippen molar-refractivity contribution < 1.29 is 4.74 Å². The smallest absolute Gasteiger partial charge is 0.269 e. The van der Waals surface area contributed by atoms with Gasteiger partial charge in [-0.2, -0.15) is 0 Å². The molecular weight excluding hydrogens is 278 g/mol. The normalized spacial score (nSPS) is 12.3. The Morgan fingerprint density at radius 3 is 2.73 bits per heavy atom. The van der Waals surface area contributed by atoms with E-state index in [-0.39, 0.29) is 11.6 Å². The fourth-order valence-corrected chi connectivity index (χ4v) is 2.57. The van der Waals surface area contributed by atoms with E-state index in [4.69, 9.17) is 10.5 Å². The molecule has 0 bridgehead atoms. The van der Waals surface area contributed by atoms with Crippen molar-refractivity contribution in [2.24, 2.45) is 5.73 Å². The number of hydrogen-bond acceptors (Lipinski definition) is 4. The molecule has 3 aromatic rings. The van der Waals surface area contributed by atoms with Crippen LogP contribution < -0.4 is 16.0 Å². The minimum atomic E-state index is -0.348. The molecule has 2 aromatic carbocycles. The Labute approximate surface area is 128 Å². The second-order valence-electron chi connectivity index (χ2n) is 5.04. The predicted octanol–water partition coefficient (Wildman–Crippen LogP) is 2.11. The highest BCUT2D eigenvalue weighted by Gasteiger charge is 2.14. The van der Waals surface area contributed by atoms with E-state index in [1.165, 1.54) is 6.20 Å². The van der Waals surface area contributed by atoms with Gasteiger partial charge in [-0.05, 0) is 18.2 Å². The van der Waals surface area contributed by atoms with Crippen LogP contribution in [0.1, 0.15) is 11.6 Å². The Bertz CT molecular complexity index is 858. The highest BCUT2D eigenvalue weighted by Crippen LogP contribution is 2.24. The first-order chi connectivity index (χ1) is 10.7. The van der Waals surface area contributed by atoms with Gasteiger partial charge in [0.2, 0.25) is 0 Å². The van der Waals surface area contributed by atoms with Crippen molar-refractivity contribution in [1.82, 2.24) is 9.55 Å². The monoisotopic (exact) mass is 295 g/mol. The molecule has 2 N–H and O–H groups in total. The van der Waals surface area contributed by atoms with Crippen LogP contribution in [0.5, 0.6) is 5.75 Å². The Morgan fingerprint density at radius 2 is 1.91 bits per heavy atom. The SMILES string of the molecule is COc1ccccc1C(N)Cn1c(=O)cnc2ccccc21. The van der Waals surface area contributed by atoms with Crippen molar-refractivity contribution in [3.05, 3.63) is 70.6 Å². The summed E-state index contributed by atoms with van der Waals surface area (Å²) in [5.41, 5.74) is 8.56. The van der Waals surface area contributed by atoms with Gasteiger partial charge in [0.25, 0.3) is 5.56 Å². The molecular formula is C17H17N3O2. The number of para-hydroxylation sites is 3. The summed E-state index contributed by atoms with van der Waals surface area (Å²) in [4.78, 5) is 16.3. The number of ether oxygens (including phenoxy) is 1. The number of nitrogens with zero attached hydrogens (tertiary/aromatic N) is 2. The third-order valence-corrected chi connectivity index (χ3v) is 3.67. The van der Waals surface area contributed by atoms with Gasteiger partial charge >= 0.3 is 0 Å². The maximum Gasteiger partial charge on any atom is 0.269 e. The van der Waals surface area contributed by atoms with Crippen LogP contribution in [0.15, 0.2) is 59.5 Å². The maximum absolute atomic E-state index is 12.2. The summed E-state index contributed by atoms with van der Waals surface area (Å²) >= 11 is 0. The number of methoxy groups -OCH3 is 1. The Balaban J connectivity index is 2.03. The topological polar surface area (TPSA) is 70.1 Å². The van der Waals surface area contributed by atoms with Crippen molar-refractivity contribution in [2.45, 2.75) is 12.6 Å². The molecule has 0 saturated heterocycles. The molecule has 5 nitrogen and oxygen atoms in total. The highest BCUT2D eigenvalue weighted by molar-refractivity contribution is 5.74. The van der Waals surface area contributed by atoms with E-state index in [2.05, 4.69) is 4.98 Å². The van der Waals surface area contributed by atoms with E-state index in [1.807, 2.05) is 48.5 Å². The van der Waals surface area contributed by atoms with E-state index in [0.717, 1.165) is 22.3 Å². The number of rotatable bonds is 4. The lowest BCUT2D eigenvalue weighted by Crippen LogP contribution is -2.27. The summed E-state index contributed by atoms with van der Waals surface area (Å²) in [7, 11) is 1.61. The van der Waals surface area contributed by atoms with Crippen LogP contribution in [0.4, 0.5) is 0 Å². The van der Waals surface area contributed by atoms with Crippen molar-refractivity contribution in [1.29, 1.82) is 0 Å². The van der Waals surface area contributed by atoms with Crippen LogP contribution in [0.3, 0.4) is 0 Å². The van der Waals surface area contributed by atoms with Crippen molar-refractivity contribution in [3.63, 3.8) is 0 Å². The van der Waals surface area contributed by atoms with Crippen LogP contribution in [-0.4, -0.2) is 16.7 Å². The zero-order valence-corrected chi connectivity index (χ0v) is 12.3. The summed E-state index contributed by atoms with van der Waals surface area (Å²) in [5.74, 6) is 0.724. The van der Waals surface area contributed by atoms with Gasteiger partial charge in [-0.1, -0.05) is 30.3 Å². The lowest BCUT2D eigenvalue weighted by atomic mass is 10.1. The molecule has 0 aliphatic heterocycles. The van der Waals surface area contributed by atoms with E-state index in [9.17, 15) is 4.79 Å². The first-order valence-corrected chi connectivity index (χ1v) is 7.04. The molecule has 112 valence electrons. The Kier molecular flexibility index (Phi) is 3.89. The third kappa shape index (κ3) is 2.58. The van der Waals surface area contributed by atoms with Crippen molar-refractivity contribution >= 4 is 11.0 Å². The minimum Gasteiger partial charge on any atom is -0.496 e. The molecule has 3 rings (SSSR count). The number of hydrogen-bond donors (Lipinski definition) is 1. The number of fused-ring (bicyclic) bond motifs is 1. The van der Waals surface area contributed by atoms with Crippen LogP contribution in [0.2, 0.25) is 0 Å². The fourth-order valence-electron chi connectivity index (χ4n) is 2.57. The first-order valence-electron chi connectivity index (χ1n) is 7.04. The molecule has 5 heteroatoms. The van der Waals surface area contributed by atoms with Crippen LogP contribution in [-0.2, 0) is 6.54 Å². The predicted molar refractivity (Wildman–Crippen MR) is 85.9 cm³/mol. The average molecular weight is 295 g/mol. The van der Waals surface area contributed by atoms with Gasteiger partial charge in [-0.15, -0.1) is 0 Å². The van der Waals surface area contributed by atoms with E-state index >= 15 is 0 Å². The van der Waals surface area contributed by atoms with Gasteiger partial charge in [0.05, 0.1) is 30.4 Å². The van der Waals surface area contributed by atoms with Gasteiger partial charge in [-0.3, -0.25) is 4.79 Å². The molecule has 0 amide bonds. The van der Waals surface area contributed by atoms with E-state index in [0.29, 0.717) is 6.54 Å². The molecule has 22 heavy (non-hydrogen) atoms. The second kappa shape index (κ2) is 5.99. The number of nitrogens with two attached hydrogens (primary N) is 1. The van der Waals surface area contributed by atoms with Crippen molar-refractivity contribution in [3.8, 4) is 5.75 Å². The van der Waals surface area contributed by atoms with Gasteiger partial charge in [0.1, 0.15) is 5.75 Å². The molecule has 0 spiro atoms. The second-order valence-corrected chi connectivity index (χ2v) is 5.04. The van der Waals surface area contributed by atoms with Crippen LogP contribution in [0.25, 0.3) is 11.0 Å². The first kappa shape index (κ1) is 14.3. The number of aromatic nitrogens is 2. The minimum absolute atomic E-state index is 0.163. The van der Waals surface area contributed by atoms with Gasteiger partial charge in [-0.25, -0.2) is 4.98 Å². The van der Waals surface area contributed by atoms with Crippen molar-refractivity contribution in [2.75, 3.05) is 7.11 Å². The zero-order chi connectivity index (χ0) is 15.5. The molecule has 1 atom stereocenters. The molecule has 1 aromatic heterocycles. The van der Waals surface area contributed by atoms with E-state index < -0.39 is 0 Å². The lowest BCUT2D eigenvalue weighted by molar-refractivity contribution is 0.402. The highest BCUT2D eigenvalue weighted by atomic mass is 16.5. The number of benzene rings is 2. The molecule has 0 aliphatic carbocycles. The quantitative estimate of drug-likeness (QED) is 0.800. The molecule has 0 radical (unpaired) electrons. The standard InChI is InChI=1S/C17H17N3O2/c1-22-16-9-5-2-6-12(16)13(18)11-20-15-8-4-3-7-14(15)19-10-17(20)21/h2-10,13H,11,18H2,1H3. The van der Waals surface area contributed by atoms with Crippen LogP contribution in [0, 0.1) is 0 Å².